The fourth-order valence-electron chi connectivity index (χ4n) is 1.81. The Morgan fingerprint density at radius 1 is 1.21 bits per heavy atom. The molecule has 2 aromatic carbocycles. The van der Waals surface area contributed by atoms with Crippen molar-refractivity contribution < 1.29 is 0 Å². The van der Waals surface area contributed by atoms with Gasteiger partial charge in [-0.05, 0) is 42.8 Å². The average Bonchev–Trinajstić information content (AvgIpc) is 2.39. The number of nitriles is 1. The van der Waals surface area contributed by atoms with Crippen molar-refractivity contribution in [2.75, 3.05) is 11.1 Å². The molecule has 0 fully saturated rings. The van der Waals surface area contributed by atoms with Gasteiger partial charge in [0.2, 0.25) is 0 Å². The Morgan fingerprint density at radius 2 is 1.89 bits per heavy atom. The number of rotatable bonds is 3. The lowest BCUT2D eigenvalue weighted by molar-refractivity contribution is 0.885. The molecule has 96 valence electrons. The molecule has 0 aliphatic rings. The van der Waals surface area contributed by atoms with Crippen molar-refractivity contribution in [3.63, 3.8) is 0 Å². The Morgan fingerprint density at radius 3 is 2.47 bits per heavy atom. The zero-order chi connectivity index (χ0) is 13.8. The third-order valence-corrected chi connectivity index (χ3v) is 3.22. The predicted molar refractivity (Wildman–Crippen MR) is 79.1 cm³/mol. The fourth-order valence-corrected chi connectivity index (χ4v) is 2.04. The van der Waals surface area contributed by atoms with E-state index in [0.717, 1.165) is 16.9 Å². The van der Waals surface area contributed by atoms with Gasteiger partial charge in [0.1, 0.15) is 6.07 Å². The molecule has 1 atom stereocenters. The first-order valence-corrected chi connectivity index (χ1v) is 6.29. The lowest BCUT2D eigenvalue weighted by Crippen LogP contribution is -2.06. The lowest BCUT2D eigenvalue weighted by Gasteiger charge is -2.16. The van der Waals surface area contributed by atoms with E-state index in [1.165, 1.54) is 0 Å². The highest BCUT2D eigenvalue weighted by molar-refractivity contribution is 6.32. The van der Waals surface area contributed by atoms with Crippen LogP contribution in [0.2, 0.25) is 5.02 Å². The van der Waals surface area contributed by atoms with Crippen LogP contribution in [0.5, 0.6) is 0 Å². The number of nitrogens with two attached hydrogens (primary N) is 1. The largest absolute Gasteiger partial charge is 0.399 e. The summed E-state index contributed by atoms with van der Waals surface area (Å²) in [5.74, 6) is 0. The molecule has 3 nitrogen and oxygen atoms in total. The summed E-state index contributed by atoms with van der Waals surface area (Å²) in [4.78, 5) is 0. The van der Waals surface area contributed by atoms with E-state index in [9.17, 15) is 0 Å². The van der Waals surface area contributed by atoms with Crippen LogP contribution >= 0.6 is 11.6 Å². The molecular weight excluding hydrogens is 258 g/mol. The second-order valence-corrected chi connectivity index (χ2v) is 4.75. The molecule has 0 spiro atoms. The van der Waals surface area contributed by atoms with Gasteiger partial charge in [0.15, 0.2) is 0 Å². The number of nitrogens with zero attached hydrogens (tertiary/aromatic N) is 1. The minimum atomic E-state index is 0.129. The second kappa shape index (κ2) is 5.64. The van der Waals surface area contributed by atoms with Gasteiger partial charge in [0.05, 0.1) is 10.6 Å². The first-order valence-electron chi connectivity index (χ1n) is 5.92. The molecule has 0 aliphatic heterocycles. The first kappa shape index (κ1) is 13.3. The predicted octanol–water partition coefficient (Wildman–Crippen LogP) is 3.97. The maximum Gasteiger partial charge on any atom is 0.101 e. The van der Waals surface area contributed by atoms with Crippen molar-refractivity contribution in [3.8, 4) is 6.07 Å². The van der Waals surface area contributed by atoms with Gasteiger partial charge in [-0.3, -0.25) is 0 Å². The Bertz CT molecular complexity index is 614. The number of nitrogen functional groups attached to an aromatic ring is 1. The highest BCUT2D eigenvalue weighted by atomic mass is 35.5. The van der Waals surface area contributed by atoms with E-state index in [4.69, 9.17) is 22.6 Å². The molecule has 19 heavy (non-hydrogen) atoms. The van der Waals surface area contributed by atoms with E-state index in [2.05, 4.69) is 12.2 Å². The molecule has 0 saturated heterocycles. The van der Waals surface area contributed by atoms with E-state index in [-0.39, 0.29) is 6.04 Å². The van der Waals surface area contributed by atoms with E-state index in [1.54, 1.807) is 12.1 Å². The topological polar surface area (TPSA) is 61.8 Å². The number of anilines is 2. The van der Waals surface area contributed by atoms with Crippen LogP contribution < -0.4 is 11.1 Å². The lowest BCUT2D eigenvalue weighted by atomic mass is 10.1. The number of hydrogen-bond donors (Lipinski definition) is 2. The van der Waals surface area contributed by atoms with Crippen LogP contribution in [-0.2, 0) is 0 Å². The van der Waals surface area contributed by atoms with Gasteiger partial charge in [-0.1, -0.05) is 23.7 Å². The van der Waals surface area contributed by atoms with Gasteiger partial charge in [0, 0.05) is 17.4 Å². The van der Waals surface area contributed by atoms with Crippen molar-refractivity contribution in [3.05, 3.63) is 58.6 Å². The zero-order valence-electron chi connectivity index (χ0n) is 10.5. The monoisotopic (exact) mass is 271 g/mol. The molecule has 2 rings (SSSR count). The van der Waals surface area contributed by atoms with Gasteiger partial charge in [-0.2, -0.15) is 5.26 Å². The third kappa shape index (κ3) is 3.18. The summed E-state index contributed by atoms with van der Waals surface area (Å²) in [6.45, 7) is 2.05. The Labute approximate surface area is 117 Å². The van der Waals surface area contributed by atoms with Crippen LogP contribution in [0.1, 0.15) is 24.1 Å². The van der Waals surface area contributed by atoms with Crippen LogP contribution in [0, 0.1) is 11.3 Å². The molecule has 2 aromatic rings. The fraction of sp³-hybridized carbons (Fsp3) is 0.133. The third-order valence-electron chi connectivity index (χ3n) is 2.91. The highest BCUT2D eigenvalue weighted by Gasteiger charge is 2.06. The normalized spacial score (nSPS) is 11.6. The smallest absolute Gasteiger partial charge is 0.101 e. The molecule has 3 N–H and O–H groups in total. The maximum atomic E-state index is 8.83. The summed E-state index contributed by atoms with van der Waals surface area (Å²) in [6, 6.07) is 15.2. The second-order valence-electron chi connectivity index (χ2n) is 4.34. The van der Waals surface area contributed by atoms with Crippen molar-refractivity contribution in [2.45, 2.75) is 13.0 Å². The summed E-state index contributed by atoms with van der Waals surface area (Å²) < 4.78 is 0. The first-order chi connectivity index (χ1) is 9.10. The van der Waals surface area contributed by atoms with Crippen LogP contribution in [0.25, 0.3) is 0 Å². The van der Waals surface area contributed by atoms with E-state index in [0.29, 0.717) is 10.6 Å². The zero-order valence-corrected chi connectivity index (χ0v) is 11.3. The molecule has 0 amide bonds. The number of halogens is 1. The summed E-state index contributed by atoms with van der Waals surface area (Å²) in [5, 5.41) is 12.6. The van der Waals surface area contributed by atoms with Crippen LogP contribution in [-0.4, -0.2) is 0 Å². The van der Waals surface area contributed by atoms with Gasteiger partial charge >= 0.3 is 0 Å². The van der Waals surface area contributed by atoms with Crippen LogP contribution in [0.15, 0.2) is 42.5 Å². The number of nitrogens with one attached hydrogen (secondary N) is 1. The maximum absolute atomic E-state index is 8.83. The van der Waals surface area contributed by atoms with Crippen molar-refractivity contribution in [1.29, 1.82) is 5.26 Å². The van der Waals surface area contributed by atoms with Gasteiger partial charge in [0.25, 0.3) is 0 Å². The van der Waals surface area contributed by atoms with E-state index >= 15 is 0 Å². The molecule has 0 aromatic heterocycles. The summed E-state index contributed by atoms with van der Waals surface area (Å²) in [6.07, 6.45) is 0. The van der Waals surface area contributed by atoms with Crippen LogP contribution in [0.4, 0.5) is 11.4 Å². The number of benzene rings is 2. The number of hydrogen-bond acceptors (Lipinski definition) is 3. The standard InChI is InChI=1S/C15H14ClN3/c1-10(11-2-5-13(18)6-3-11)19-14-7-4-12(9-17)15(16)8-14/h2-8,10,19H,18H2,1H3. The minimum Gasteiger partial charge on any atom is -0.399 e. The molecule has 0 saturated carbocycles. The quantitative estimate of drug-likeness (QED) is 0.831. The molecule has 1 unspecified atom stereocenters. The van der Waals surface area contributed by atoms with Crippen molar-refractivity contribution in [1.82, 2.24) is 0 Å². The summed E-state index contributed by atoms with van der Waals surface area (Å²) >= 11 is 6.00. The van der Waals surface area contributed by atoms with Gasteiger partial charge < -0.3 is 11.1 Å². The molecule has 0 aliphatic carbocycles. The van der Waals surface area contributed by atoms with Gasteiger partial charge in [-0.25, -0.2) is 0 Å². The average molecular weight is 272 g/mol. The minimum absolute atomic E-state index is 0.129. The molecule has 4 heteroatoms. The van der Waals surface area contributed by atoms with E-state index in [1.807, 2.05) is 36.4 Å². The van der Waals surface area contributed by atoms with Crippen molar-refractivity contribution >= 4 is 23.0 Å². The van der Waals surface area contributed by atoms with Gasteiger partial charge in [-0.15, -0.1) is 0 Å². The summed E-state index contributed by atoms with van der Waals surface area (Å²) in [7, 11) is 0. The SMILES string of the molecule is CC(Nc1ccc(C#N)c(Cl)c1)c1ccc(N)cc1. The summed E-state index contributed by atoms with van der Waals surface area (Å²) in [5.41, 5.74) is 8.91. The molecule has 0 radical (unpaired) electrons. The Hall–Kier alpha value is -2.18. The Balaban J connectivity index is 2.15. The molecular formula is C15H14ClN3. The Kier molecular flexibility index (Phi) is 3.94. The van der Waals surface area contributed by atoms with E-state index < -0.39 is 0 Å². The van der Waals surface area contributed by atoms with Crippen LogP contribution in [0.3, 0.4) is 0 Å². The van der Waals surface area contributed by atoms with Crippen molar-refractivity contribution in [2.24, 2.45) is 0 Å². The molecule has 0 bridgehead atoms. The molecule has 0 heterocycles. The highest BCUT2D eigenvalue weighted by Crippen LogP contribution is 2.24.